The lowest BCUT2D eigenvalue weighted by Gasteiger charge is -2.16. The molecule has 2 aromatic heterocycles. The summed E-state index contributed by atoms with van der Waals surface area (Å²) < 4.78 is 8.29. The smallest absolute Gasteiger partial charge is 0.269 e. The molecule has 200 valence electrons. The molecule has 0 bridgehead atoms. The van der Waals surface area contributed by atoms with Crippen LogP contribution in [0.15, 0.2) is 51.7 Å². The Kier molecular flexibility index (Phi) is 7.55. The van der Waals surface area contributed by atoms with E-state index in [1.54, 1.807) is 24.7 Å². The Labute approximate surface area is 232 Å². The molecule has 0 unspecified atom stereocenters. The van der Waals surface area contributed by atoms with Crippen molar-refractivity contribution < 1.29 is 14.0 Å². The topological polar surface area (TPSA) is 144 Å². The zero-order valence-electron chi connectivity index (χ0n) is 21.7. The number of hydrogen-bond acceptors (Lipinski definition) is 7. The monoisotopic (exact) mass is 590 g/mol. The second kappa shape index (κ2) is 11.2. The van der Waals surface area contributed by atoms with E-state index in [9.17, 15) is 9.59 Å². The van der Waals surface area contributed by atoms with E-state index in [0.717, 1.165) is 45.4 Å². The average Bonchev–Trinajstić information content (AvgIpc) is 3.62. The fourth-order valence-electron chi connectivity index (χ4n) is 4.84. The minimum Gasteiger partial charge on any atom is -0.472 e. The Morgan fingerprint density at radius 1 is 1.10 bits per heavy atom. The first-order chi connectivity index (χ1) is 18.9. The lowest BCUT2D eigenvalue weighted by molar-refractivity contribution is 0.0945. The highest BCUT2D eigenvalue weighted by Gasteiger charge is 2.29. The highest BCUT2D eigenvalue weighted by atomic mass is 79.9. The Bertz CT molecular complexity index is 1610. The summed E-state index contributed by atoms with van der Waals surface area (Å²) in [5.41, 5.74) is 5.88. The number of benzene rings is 1. The molecule has 5 rings (SSSR count). The lowest BCUT2D eigenvalue weighted by atomic mass is 9.97. The molecule has 3 N–H and O–H groups in total. The van der Waals surface area contributed by atoms with Gasteiger partial charge in [-0.3, -0.25) is 14.9 Å². The summed E-state index contributed by atoms with van der Waals surface area (Å²) in [6, 6.07) is 9.22. The summed E-state index contributed by atoms with van der Waals surface area (Å²) >= 11 is 3.79. The number of imidazole rings is 1. The number of aryl methyl sites for hydroxylation is 2. The molecule has 2 aliphatic rings. The van der Waals surface area contributed by atoms with Crippen LogP contribution in [-0.4, -0.2) is 48.5 Å². The predicted molar refractivity (Wildman–Crippen MR) is 149 cm³/mol. The number of amides is 2. The van der Waals surface area contributed by atoms with Crippen LogP contribution in [0.25, 0.3) is 22.3 Å². The van der Waals surface area contributed by atoms with Gasteiger partial charge in [0.05, 0.1) is 24.8 Å². The Hall–Kier alpha value is -4.32. The van der Waals surface area contributed by atoms with Gasteiger partial charge in [0.15, 0.2) is 0 Å². The van der Waals surface area contributed by atoms with Crippen molar-refractivity contribution in [3.05, 3.63) is 75.7 Å². The van der Waals surface area contributed by atoms with Crippen molar-refractivity contribution in [3.63, 3.8) is 0 Å². The van der Waals surface area contributed by atoms with Crippen LogP contribution in [0.4, 0.5) is 5.95 Å². The van der Waals surface area contributed by atoms with E-state index in [-0.39, 0.29) is 17.8 Å². The standard InChI is InChI=1S/C27H27BrN8O3/c1-4-8-21-30-15(3)24(26(38)29-5-2)36(21)13-19-16-11-12-39-14-20(16)23(28)22(19)17-9-6-7-10-18(17)25(37)31-27-32-34-35-33-27/h6-7,9-12,14H,4-5,8,13H2,1-3H3,(H,29,38)(H2,31,32,33,34,35,37). The van der Waals surface area contributed by atoms with Crippen LogP contribution in [0.5, 0.6) is 0 Å². The zero-order valence-corrected chi connectivity index (χ0v) is 23.3. The normalized spacial score (nSPS) is 11.2. The number of carbonyl (C=O) groups excluding carboxylic acids is 2. The fraction of sp³-hybridized carbons (Fsp3) is 0.259. The van der Waals surface area contributed by atoms with Crippen LogP contribution >= 0.6 is 15.9 Å². The number of nitrogens with zero attached hydrogens (tertiary/aromatic N) is 5. The van der Waals surface area contributed by atoms with Crippen molar-refractivity contribution in [2.45, 2.75) is 40.2 Å². The molecule has 0 radical (unpaired) electrons. The Balaban J connectivity index is 1.70. The van der Waals surface area contributed by atoms with Gasteiger partial charge in [-0.25, -0.2) is 10.1 Å². The lowest BCUT2D eigenvalue weighted by Crippen LogP contribution is -2.27. The summed E-state index contributed by atoms with van der Waals surface area (Å²) in [4.78, 5) is 31.2. The van der Waals surface area contributed by atoms with Crippen LogP contribution in [0, 0.1) is 6.92 Å². The van der Waals surface area contributed by atoms with Gasteiger partial charge in [-0.1, -0.05) is 30.2 Å². The third-order valence-electron chi connectivity index (χ3n) is 6.45. The predicted octanol–water partition coefficient (Wildman–Crippen LogP) is 4.83. The first-order valence-corrected chi connectivity index (χ1v) is 13.4. The van der Waals surface area contributed by atoms with E-state index in [1.807, 2.05) is 36.6 Å². The molecule has 2 amide bonds. The molecule has 0 saturated heterocycles. The van der Waals surface area contributed by atoms with E-state index in [4.69, 9.17) is 9.40 Å². The Morgan fingerprint density at radius 3 is 2.67 bits per heavy atom. The Morgan fingerprint density at radius 2 is 1.92 bits per heavy atom. The average molecular weight is 591 g/mol. The molecule has 1 aliphatic carbocycles. The number of anilines is 1. The summed E-state index contributed by atoms with van der Waals surface area (Å²) in [5.74, 6) is 0.434. The van der Waals surface area contributed by atoms with Crippen molar-refractivity contribution in [1.29, 1.82) is 0 Å². The van der Waals surface area contributed by atoms with Crippen molar-refractivity contribution >= 4 is 33.7 Å². The van der Waals surface area contributed by atoms with Gasteiger partial charge < -0.3 is 14.3 Å². The third kappa shape index (κ3) is 4.94. The zero-order chi connectivity index (χ0) is 27.5. The van der Waals surface area contributed by atoms with Crippen LogP contribution in [0.3, 0.4) is 0 Å². The number of aromatic amines is 1. The van der Waals surface area contributed by atoms with Crippen molar-refractivity contribution in [2.75, 3.05) is 11.9 Å². The molecule has 3 aromatic rings. The van der Waals surface area contributed by atoms with Gasteiger partial charge in [0.2, 0.25) is 5.95 Å². The number of aromatic nitrogens is 6. The maximum Gasteiger partial charge on any atom is 0.269 e. The quantitative estimate of drug-likeness (QED) is 0.223. The van der Waals surface area contributed by atoms with E-state index >= 15 is 0 Å². The number of tetrazole rings is 1. The molecule has 12 heteroatoms. The number of nitrogens with one attached hydrogen (secondary N) is 3. The van der Waals surface area contributed by atoms with Crippen molar-refractivity contribution in [2.24, 2.45) is 0 Å². The first kappa shape index (κ1) is 26.3. The summed E-state index contributed by atoms with van der Waals surface area (Å²) in [6.45, 7) is 6.71. The van der Waals surface area contributed by atoms with Gasteiger partial charge in [0, 0.05) is 34.1 Å². The minimum atomic E-state index is -0.370. The number of rotatable bonds is 9. The number of fused-ring (bicyclic) bond motifs is 1. The maximum atomic E-state index is 13.3. The van der Waals surface area contributed by atoms with Crippen molar-refractivity contribution in [1.82, 2.24) is 35.5 Å². The van der Waals surface area contributed by atoms with Crippen LogP contribution < -0.4 is 10.6 Å². The number of H-pyrrole nitrogens is 1. The van der Waals surface area contributed by atoms with Crippen LogP contribution in [-0.2, 0) is 13.0 Å². The van der Waals surface area contributed by atoms with Gasteiger partial charge in [-0.05, 0) is 75.4 Å². The molecule has 0 spiro atoms. The molecule has 0 fully saturated rings. The number of halogens is 1. The minimum absolute atomic E-state index is 0.144. The molecular weight excluding hydrogens is 564 g/mol. The van der Waals surface area contributed by atoms with E-state index in [2.05, 4.69) is 54.1 Å². The number of carbonyl (C=O) groups is 2. The molecule has 0 saturated carbocycles. The van der Waals surface area contributed by atoms with Crippen molar-refractivity contribution in [3.8, 4) is 22.3 Å². The van der Waals surface area contributed by atoms with E-state index in [0.29, 0.717) is 35.6 Å². The first-order valence-electron chi connectivity index (χ1n) is 12.6. The molecule has 1 aromatic carbocycles. The highest BCUT2D eigenvalue weighted by Crippen LogP contribution is 2.47. The molecule has 0 atom stereocenters. The molecule has 3 heterocycles. The maximum absolute atomic E-state index is 13.3. The van der Waals surface area contributed by atoms with E-state index in [1.165, 1.54) is 0 Å². The van der Waals surface area contributed by atoms with E-state index < -0.39 is 0 Å². The second-order valence-corrected chi connectivity index (χ2v) is 9.75. The molecule has 39 heavy (non-hydrogen) atoms. The SMILES string of the molecule is CCCc1nc(C)c(C(=O)NCC)n1Cc1c2ccocc-2c(Br)c1-c1ccccc1C(=O)Nc1nnn[nH]1. The largest absolute Gasteiger partial charge is 0.472 e. The van der Waals surface area contributed by atoms with Gasteiger partial charge in [0.25, 0.3) is 11.8 Å². The van der Waals surface area contributed by atoms with Gasteiger partial charge in [-0.15, -0.1) is 0 Å². The van der Waals surface area contributed by atoms with Gasteiger partial charge in [-0.2, -0.15) is 0 Å². The summed E-state index contributed by atoms with van der Waals surface area (Å²) in [6.07, 6.45) is 4.89. The summed E-state index contributed by atoms with van der Waals surface area (Å²) in [7, 11) is 0. The molecular formula is C27H27BrN8O3. The van der Waals surface area contributed by atoms with Gasteiger partial charge in [0.1, 0.15) is 11.5 Å². The second-order valence-electron chi connectivity index (χ2n) is 8.96. The van der Waals surface area contributed by atoms with Gasteiger partial charge >= 0.3 is 0 Å². The summed E-state index contributed by atoms with van der Waals surface area (Å²) in [5, 5.41) is 19.0. The molecule has 1 aliphatic heterocycles. The fourth-order valence-corrected chi connectivity index (χ4v) is 5.60. The number of hydrogen-bond donors (Lipinski definition) is 3. The molecule has 11 nitrogen and oxygen atoms in total. The highest BCUT2D eigenvalue weighted by molar-refractivity contribution is 9.10. The van der Waals surface area contributed by atoms with Crippen LogP contribution in [0.1, 0.15) is 58.2 Å². The van der Waals surface area contributed by atoms with Crippen LogP contribution in [0.2, 0.25) is 0 Å². The third-order valence-corrected chi connectivity index (χ3v) is 7.28.